The van der Waals surface area contributed by atoms with Crippen LogP contribution < -0.4 is 10.1 Å². The molecule has 4 rings (SSSR count). The average molecular weight is 415 g/mol. The molecule has 5 nitrogen and oxygen atoms in total. The summed E-state index contributed by atoms with van der Waals surface area (Å²) >= 11 is 0. The molecule has 0 bridgehead atoms. The number of hydrogen-bond donors (Lipinski definition) is 1. The van der Waals surface area contributed by atoms with Crippen molar-refractivity contribution in [1.29, 1.82) is 0 Å². The van der Waals surface area contributed by atoms with E-state index >= 15 is 0 Å². The second-order valence-corrected chi connectivity index (χ2v) is 7.21. The molecular weight excluding hydrogens is 393 g/mol. The molecule has 4 aromatic rings. The van der Waals surface area contributed by atoms with Crippen LogP contribution in [0.15, 0.2) is 85.1 Å². The molecule has 0 saturated carbocycles. The Morgan fingerprint density at radius 2 is 1.68 bits per heavy atom. The molecule has 0 aliphatic rings. The Morgan fingerprint density at radius 1 is 0.968 bits per heavy atom. The highest BCUT2D eigenvalue weighted by Crippen LogP contribution is 2.22. The minimum Gasteiger partial charge on any atom is -0.485 e. The molecular formula is C25H22FN3O2. The highest BCUT2D eigenvalue weighted by atomic mass is 19.1. The SMILES string of the molecule is Cc1ccc(CNC(=O)c2nn(-c3ccc(F)cc3)cc2OCc2ccccc2)cc1. The summed E-state index contributed by atoms with van der Waals surface area (Å²) < 4.78 is 20.7. The molecule has 3 aromatic carbocycles. The summed E-state index contributed by atoms with van der Waals surface area (Å²) in [6, 6.07) is 23.5. The molecule has 0 spiro atoms. The number of halogens is 1. The van der Waals surface area contributed by atoms with Gasteiger partial charge in [-0.05, 0) is 42.3 Å². The summed E-state index contributed by atoms with van der Waals surface area (Å²) in [5, 5.41) is 7.30. The van der Waals surface area contributed by atoms with Crippen LogP contribution in [0.4, 0.5) is 4.39 Å². The van der Waals surface area contributed by atoms with Crippen molar-refractivity contribution in [3.05, 3.63) is 113 Å². The number of rotatable bonds is 7. The zero-order valence-corrected chi connectivity index (χ0v) is 17.1. The fourth-order valence-corrected chi connectivity index (χ4v) is 3.05. The maximum Gasteiger partial charge on any atom is 0.275 e. The molecule has 0 saturated heterocycles. The van der Waals surface area contributed by atoms with Gasteiger partial charge < -0.3 is 10.1 Å². The van der Waals surface area contributed by atoms with E-state index in [4.69, 9.17) is 4.74 Å². The highest BCUT2D eigenvalue weighted by molar-refractivity contribution is 5.94. The number of benzene rings is 3. The number of carbonyl (C=O) groups is 1. The largest absolute Gasteiger partial charge is 0.485 e. The van der Waals surface area contributed by atoms with E-state index in [1.807, 2.05) is 61.5 Å². The Bertz CT molecular complexity index is 1150. The monoisotopic (exact) mass is 415 g/mol. The highest BCUT2D eigenvalue weighted by Gasteiger charge is 2.19. The first-order valence-electron chi connectivity index (χ1n) is 9.94. The fourth-order valence-electron chi connectivity index (χ4n) is 3.05. The standard InChI is InChI=1S/C25H22FN3O2/c1-18-7-9-19(10-8-18)15-27-25(30)24-23(31-17-20-5-3-2-4-6-20)16-29(28-24)22-13-11-21(26)12-14-22/h2-14,16H,15,17H2,1H3,(H,27,30). The van der Waals surface area contributed by atoms with Gasteiger partial charge in [-0.2, -0.15) is 5.10 Å². The number of nitrogens with one attached hydrogen (secondary N) is 1. The van der Waals surface area contributed by atoms with Gasteiger partial charge in [-0.15, -0.1) is 0 Å². The van der Waals surface area contributed by atoms with Crippen molar-refractivity contribution in [3.63, 3.8) is 0 Å². The van der Waals surface area contributed by atoms with Crippen molar-refractivity contribution in [2.45, 2.75) is 20.1 Å². The van der Waals surface area contributed by atoms with Crippen molar-refractivity contribution >= 4 is 5.91 Å². The average Bonchev–Trinajstić information content (AvgIpc) is 3.23. The second kappa shape index (κ2) is 9.26. The lowest BCUT2D eigenvalue weighted by atomic mass is 10.1. The van der Waals surface area contributed by atoms with E-state index in [2.05, 4.69) is 10.4 Å². The molecule has 0 radical (unpaired) electrons. The summed E-state index contributed by atoms with van der Waals surface area (Å²) in [7, 11) is 0. The fraction of sp³-hybridized carbons (Fsp3) is 0.120. The minimum atomic E-state index is -0.343. The quantitative estimate of drug-likeness (QED) is 0.470. The van der Waals surface area contributed by atoms with Gasteiger partial charge in [0.25, 0.3) is 5.91 Å². The molecule has 0 aliphatic heterocycles. The van der Waals surface area contributed by atoms with E-state index in [0.29, 0.717) is 24.6 Å². The van der Waals surface area contributed by atoms with E-state index in [1.54, 1.807) is 18.3 Å². The third-order valence-corrected chi connectivity index (χ3v) is 4.80. The summed E-state index contributed by atoms with van der Waals surface area (Å²) in [6.07, 6.45) is 1.64. The molecule has 1 N–H and O–H groups in total. The van der Waals surface area contributed by atoms with Gasteiger partial charge in [0.05, 0.1) is 11.9 Å². The van der Waals surface area contributed by atoms with Crippen molar-refractivity contribution in [2.24, 2.45) is 0 Å². The number of nitrogens with zero attached hydrogens (tertiary/aromatic N) is 2. The number of carbonyl (C=O) groups excluding carboxylic acids is 1. The maximum atomic E-state index is 13.3. The van der Waals surface area contributed by atoms with E-state index in [0.717, 1.165) is 16.7 Å². The topological polar surface area (TPSA) is 56.2 Å². The van der Waals surface area contributed by atoms with Crippen LogP contribution in [0, 0.1) is 12.7 Å². The van der Waals surface area contributed by atoms with Crippen LogP contribution in [-0.4, -0.2) is 15.7 Å². The van der Waals surface area contributed by atoms with Crippen LogP contribution in [0.1, 0.15) is 27.2 Å². The number of amides is 1. The molecule has 31 heavy (non-hydrogen) atoms. The Morgan fingerprint density at radius 3 is 2.39 bits per heavy atom. The first-order valence-corrected chi connectivity index (χ1v) is 9.94. The molecule has 6 heteroatoms. The summed E-state index contributed by atoms with van der Waals surface area (Å²) in [4.78, 5) is 12.9. The minimum absolute atomic E-state index is 0.173. The normalized spacial score (nSPS) is 10.6. The lowest BCUT2D eigenvalue weighted by molar-refractivity contribution is 0.0941. The first-order chi connectivity index (χ1) is 15.1. The molecule has 1 heterocycles. The van der Waals surface area contributed by atoms with Crippen LogP contribution >= 0.6 is 0 Å². The van der Waals surface area contributed by atoms with Crippen LogP contribution in [0.25, 0.3) is 5.69 Å². The van der Waals surface area contributed by atoms with E-state index in [1.165, 1.54) is 16.8 Å². The van der Waals surface area contributed by atoms with Gasteiger partial charge in [0.1, 0.15) is 12.4 Å². The smallest absolute Gasteiger partial charge is 0.275 e. The predicted molar refractivity (Wildman–Crippen MR) is 117 cm³/mol. The van der Waals surface area contributed by atoms with Crippen molar-refractivity contribution in [2.75, 3.05) is 0 Å². The van der Waals surface area contributed by atoms with Gasteiger partial charge in [-0.25, -0.2) is 9.07 Å². The Hall–Kier alpha value is -3.93. The van der Waals surface area contributed by atoms with Crippen molar-refractivity contribution in [3.8, 4) is 11.4 Å². The lowest BCUT2D eigenvalue weighted by Gasteiger charge is -2.07. The van der Waals surface area contributed by atoms with Crippen LogP contribution in [-0.2, 0) is 13.2 Å². The number of aryl methyl sites for hydroxylation is 1. The van der Waals surface area contributed by atoms with Gasteiger partial charge >= 0.3 is 0 Å². The number of aromatic nitrogens is 2. The Labute approximate surface area is 180 Å². The second-order valence-electron chi connectivity index (χ2n) is 7.21. The molecule has 1 amide bonds. The third kappa shape index (κ3) is 5.17. The van der Waals surface area contributed by atoms with Crippen LogP contribution in [0.2, 0.25) is 0 Å². The molecule has 0 atom stereocenters. The summed E-state index contributed by atoms with van der Waals surface area (Å²) in [5.41, 5.74) is 3.92. The van der Waals surface area contributed by atoms with Gasteiger partial charge in [-0.1, -0.05) is 60.2 Å². The molecule has 0 aliphatic carbocycles. The molecule has 156 valence electrons. The van der Waals surface area contributed by atoms with E-state index in [-0.39, 0.29) is 17.4 Å². The van der Waals surface area contributed by atoms with Crippen molar-refractivity contribution in [1.82, 2.24) is 15.1 Å². The van der Waals surface area contributed by atoms with Crippen molar-refractivity contribution < 1.29 is 13.9 Å². The van der Waals surface area contributed by atoms with E-state index in [9.17, 15) is 9.18 Å². The van der Waals surface area contributed by atoms with Gasteiger partial charge in [0, 0.05) is 6.54 Å². The van der Waals surface area contributed by atoms with Crippen LogP contribution in [0.5, 0.6) is 5.75 Å². The first kappa shape index (κ1) is 20.3. The van der Waals surface area contributed by atoms with Gasteiger partial charge in [-0.3, -0.25) is 4.79 Å². The van der Waals surface area contributed by atoms with Gasteiger partial charge in [0.15, 0.2) is 11.4 Å². The Balaban J connectivity index is 1.56. The zero-order chi connectivity index (χ0) is 21.6. The maximum absolute atomic E-state index is 13.3. The van der Waals surface area contributed by atoms with Crippen LogP contribution in [0.3, 0.4) is 0 Å². The van der Waals surface area contributed by atoms with E-state index < -0.39 is 0 Å². The Kier molecular flexibility index (Phi) is 6.08. The molecule has 0 fully saturated rings. The molecule has 0 unspecified atom stereocenters. The lowest BCUT2D eigenvalue weighted by Crippen LogP contribution is -2.24. The summed E-state index contributed by atoms with van der Waals surface area (Å²) in [5.74, 6) is -0.327. The van der Waals surface area contributed by atoms with Gasteiger partial charge in [0.2, 0.25) is 0 Å². The number of ether oxygens (including phenoxy) is 1. The number of hydrogen-bond acceptors (Lipinski definition) is 3. The summed E-state index contributed by atoms with van der Waals surface area (Å²) in [6.45, 7) is 2.69. The third-order valence-electron chi connectivity index (χ3n) is 4.80. The molecule has 1 aromatic heterocycles. The zero-order valence-electron chi connectivity index (χ0n) is 17.1. The predicted octanol–water partition coefficient (Wildman–Crippen LogP) is 4.83.